The van der Waals surface area contributed by atoms with Crippen LogP contribution in [0.2, 0.25) is 0 Å². The first kappa shape index (κ1) is 17.7. The molecule has 134 valence electrons. The van der Waals surface area contributed by atoms with E-state index >= 15 is 0 Å². The van der Waals surface area contributed by atoms with Crippen molar-refractivity contribution in [2.24, 2.45) is 5.92 Å². The van der Waals surface area contributed by atoms with Gasteiger partial charge in [0.05, 0.1) is 5.92 Å². The zero-order valence-electron chi connectivity index (χ0n) is 14.5. The van der Waals surface area contributed by atoms with Crippen molar-refractivity contribution in [3.05, 3.63) is 60.2 Å². The average Bonchev–Trinajstić information content (AvgIpc) is 3.04. The minimum Gasteiger partial charge on any atom is -0.455 e. The van der Waals surface area contributed by atoms with E-state index in [0.29, 0.717) is 5.69 Å². The molecule has 3 rings (SSSR count). The maximum Gasteiger partial charge on any atom is 0.311 e. The Hall–Kier alpha value is -3.15. The molecule has 1 fully saturated rings. The number of carbonyl (C=O) groups is 3. The van der Waals surface area contributed by atoms with Gasteiger partial charge in [-0.05, 0) is 30.7 Å². The van der Waals surface area contributed by atoms with Crippen LogP contribution in [0.15, 0.2) is 54.6 Å². The second kappa shape index (κ2) is 7.82. The highest BCUT2D eigenvalue weighted by atomic mass is 16.5. The summed E-state index contributed by atoms with van der Waals surface area (Å²) in [6, 6.07) is 16.5. The summed E-state index contributed by atoms with van der Waals surface area (Å²) in [4.78, 5) is 37.9. The number of nitrogens with zero attached hydrogens (tertiary/aromatic N) is 1. The third kappa shape index (κ3) is 4.08. The topological polar surface area (TPSA) is 75.7 Å². The van der Waals surface area contributed by atoms with Crippen molar-refractivity contribution in [2.75, 3.05) is 23.4 Å². The van der Waals surface area contributed by atoms with E-state index in [1.54, 1.807) is 11.0 Å². The van der Waals surface area contributed by atoms with Gasteiger partial charge in [0.2, 0.25) is 5.91 Å². The molecule has 0 saturated carbocycles. The highest BCUT2D eigenvalue weighted by Gasteiger charge is 2.36. The summed E-state index contributed by atoms with van der Waals surface area (Å²) in [5, 5.41) is 2.71. The third-order valence-electron chi connectivity index (χ3n) is 4.29. The number of carbonyl (C=O) groups excluding carboxylic acids is 3. The molecule has 0 unspecified atom stereocenters. The van der Waals surface area contributed by atoms with Gasteiger partial charge >= 0.3 is 5.97 Å². The van der Waals surface area contributed by atoms with Gasteiger partial charge in [0.15, 0.2) is 6.61 Å². The molecule has 2 aromatic rings. The van der Waals surface area contributed by atoms with Crippen molar-refractivity contribution in [2.45, 2.75) is 13.3 Å². The van der Waals surface area contributed by atoms with Crippen LogP contribution in [-0.4, -0.2) is 30.9 Å². The first-order valence-corrected chi connectivity index (χ1v) is 8.42. The summed E-state index contributed by atoms with van der Waals surface area (Å²) in [5.41, 5.74) is 2.36. The van der Waals surface area contributed by atoms with Gasteiger partial charge in [-0.1, -0.05) is 36.4 Å². The summed E-state index contributed by atoms with van der Waals surface area (Å²) >= 11 is 0. The Kier molecular flexibility index (Phi) is 5.31. The fourth-order valence-corrected chi connectivity index (χ4v) is 2.88. The van der Waals surface area contributed by atoms with Crippen molar-refractivity contribution >= 4 is 29.2 Å². The molecule has 1 aliphatic rings. The smallest absolute Gasteiger partial charge is 0.311 e. The first-order valence-electron chi connectivity index (χ1n) is 8.42. The number of amides is 2. The number of esters is 1. The van der Waals surface area contributed by atoms with Crippen LogP contribution in [0.3, 0.4) is 0 Å². The van der Waals surface area contributed by atoms with Gasteiger partial charge in [0, 0.05) is 24.3 Å². The van der Waals surface area contributed by atoms with Crippen molar-refractivity contribution in [1.29, 1.82) is 0 Å². The molecule has 1 atom stereocenters. The summed E-state index contributed by atoms with van der Waals surface area (Å²) in [6.45, 7) is 1.77. The molecule has 0 bridgehead atoms. The van der Waals surface area contributed by atoms with Crippen molar-refractivity contribution in [3.8, 4) is 0 Å². The molecule has 6 nitrogen and oxygen atoms in total. The molecule has 1 N–H and O–H groups in total. The predicted octanol–water partition coefficient (Wildman–Crippen LogP) is 2.53. The molecule has 1 heterocycles. The van der Waals surface area contributed by atoms with Gasteiger partial charge in [0.25, 0.3) is 5.91 Å². The Balaban J connectivity index is 1.52. The Morgan fingerprint density at radius 1 is 1.12 bits per heavy atom. The third-order valence-corrected chi connectivity index (χ3v) is 4.29. The van der Waals surface area contributed by atoms with Crippen LogP contribution in [0.4, 0.5) is 11.4 Å². The van der Waals surface area contributed by atoms with Crippen LogP contribution in [0.25, 0.3) is 0 Å². The molecular formula is C20H20N2O4. The summed E-state index contributed by atoms with van der Waals surface area (Å²) in [7, 11) is 0. The quantitative estimate of drug-likeness (QED) is 0.839. The van der Waals surface area contributed by atoms with E-state index in [1.165, 1.54) is 0 Å². The van der Waals surface area contributed by atoms with Crippen LogP contribution in [0.1, 0.15) is 12.0 Å². The highest BCUT2D eigenvalue weighted by Crippen LogP contribution is 2.25. The normalized spacial score (nSPS) is 16.4. The lowest BCUT2D eigenvalue weighted by atomic mass is 10.1. The van der Waals surface area contributed by atoms with Crippen LogP contribution < -0.4 is 10.2 Å². The minimum absolute atomic E-state index is 0.0904. The molecule has 1 aliphatic heterocycles. The Labute approximate surface area is 151 Å². The lowest BCUT2D eigenvalue weighted by molar-refractivity contribution is -0.151. The van der Waals surface area contributed by atoms with Crippen molar-refractivity contribution < 1.29 is 19.1 Å². The van der Waals surface area contributed by atoms with E-state index in [4.69, 9.17) is 4.74 Å². The molecule has 2 aromatic carbocycles. The molecule has 1 saturated heterocycles. The van der Waals surface area contributed by atoms with Gasteiger partial charge in [-0.2, -0.15) is 0 Å². The van der Waals surface area contributed by atoms with E-state index < -0.39 is 17.8 Å². The SMILES string of the molecule is Cc1ccccc1NC(=O)COC(=O)[C@H]1CC(=O)N(c2ccccc2)C1. The largest absolute Gasteiger partial charge is 0.455 e. The van der Waals surface area contributed by atoms with Crippen LogP contribution >= 0.6 is 0 Å². The standard InChI is InChI=1S/C20H20N2O4/c1-14-7-5-6-10-17(14)21-18(23)13-26-20(25)15-11-19(24)22(12-15)16-8-3-2-4-9-16/h2-10,15H,11-13H2,1H3,(H,21,23)/t15-/m0/s1. The van der Waals surface area contributed by atoms with E-state index in [-0.39, 0.29) is 25.5 Å². The van der Waals surface area contributed by atoms with E-state index in [9.17, 15) is 14.4 Å². The van der Waals surface area contributed by atoms with Gasteiger partial charge in [-0.25, -0.2) is 0 Å². The maximum atomic E-state index is 12.2. The fourth-order valence-electron chi connectivity index (χ4n) is 2.88. The van der Waals surface area contributed by atoms with Gasteiger partial charge in [-0.15, -0.1) is 0 Å². The van der Waals surface area contributed by atoms with E-state index in [0.717, 1.165) is 11.3 Å². The second-order valence-corrected chi connectivity index (χ2v) is 6.21. The summed E-state index contributed by atoms with van der Waals surface area (Å²) in [5.74, 6) is -1.62. The number of aryl methyl sites for hydroxylation is 1. The summed E-state index contributed by atoms with van der Waals surface area (Å²) in [6.07, 6.45) is 0.0904. The van der Waals surface area contributed by atoms with E-state index in [2.05, 4.69) is 5.32 Å². The van der Waals surface area contributed by atoms with Crippen LogP contribution in [0.5, 0.6) is 0 Å². The van der Waals surface area contributed by atoms with Gasteiger partial charge < -0.3 is 15.0 Å². The number of nitrogens with one attached hydrogen (secondary N) is 1. The highest BCUT2D eigenvalue weighted by molar-refractivity contribution is 6.00. The van der Waals surface area contributed by atoms with Gasteiger partial charge in [-0.3, -0.25) is 14.4 Å². The number of hydrogen-bond donors (Lipinski definition) is 1. The summed E-state index contributed by atoms with van der Waals surface area (Å²) < 4.78 is 5.10. The molecule has 0 radical (unpaired) electrons. The number of ether oxygens (including phenoxy) is 1. The molecule has 6 heteroatoms. The lowest BCUT2D eigenvalue weighted by Gasteiger charge is -2.16. The average molecular weight is 352 g/mol. The lowest BCUT2D eigenvalue weighted by Crippen LogP contribution is -2.28. The molecule has 0 aliphatic carbocycles. The zero-order chi connectivity index (χ0) is 18.5. The second-order valence-electron chi connectivity index (χ2n) is 6.21. The number of para-hydroxylation sites is 2. The Morgan fingerprint density at radius 2 is 1.81 bits per heavy atom. The molecule has 26 heavy (non-hydrogen) atoms. The Bertz CT molecular complexity index is 820. The fraction of sp³-hybridized carbons (Fsp3) is 0.250. The van der Waals surface area contributed by atoms with Crippen molar-refractivity contribution in [1.82, 2.24) is 0 Å². The molecule has 2 amide bonds. The van der Waals surface area contributed by atoms with Gasteiger partial charge in [0.1, 0.15) is 0 Å². The first-order chi connectivity index (χ1) is 12.5. The Morgan fingerprint density at radius 3 is 2.54 bits per heavy atom. The zero-order valence-corrected chi connectivity index (χ0v) is 14.5. The molecular weight excluding hydrogens is 332 g/mol. The minimum atomic E-state index is -0.561. The predicted molar refractivity (Wildman–Crippen MR) is 97.7 cm³/mol. The number of rotatable bonds is 5. The molecule has 0 aromatic heterocycles. The maximum absolute atomic E-state index is 12.2. The van der Waals surface area contributed by atoms with Crippen LogP contribution in [0, 0.1) is 12.8 Å². The monoisotopic (exact) mass is 352 g/mol. The number of anilines is 2. The van der Waals surface area contributed by atoms with Crippen molar-refractivity contribution in [3.63, 3.8) is 0 Å². The van der Waals surface area contributed by atoms with E-state index in [1.807, 2.05) is 55.5 Å². The number of hydrogen-bond acceptors (Lipinski definition) is 4. The number of benzene rings is 2. The van der Waals surface area contributed by atoms with Crippen LogP contribution in [-0.2, 0) is 19.1 Å². The molecule has 0 spiro atoms.